The number of hydrogen-bond donors (Lipinski definition) is 2. The van der Waals surface area contributed by atoms with Gasteiger partial charge in [-0.3, -0.25) is 0 Å². The SMILES string of the molecule is CC1CN(C(=O)Nc2ccccc2)CCN1C(=S)Nc1ccccc1. The molecule has 0 spiro atoms. The zero-order chi connectivity index (χ0) is 17.6. The number of rotatable bonds is 2. The zero-order valence-corrected chi connectivity index (χ0v) is 15.0. The van der Waals surface area contributed by atoms with Crippen LogP contribution in [0, 0.1) is 0 Å². The standard InChI is InChI=1S/C19H22N4OS/c1-15-14-22(18(24)20-16-8-4-2-5-9-16)12-13-23(15)19(25)21-17-10-6-3-7-11-17/h2-11,15H,12-14H2,1H3,(H,20,24)(H,21,25). The van der Waals surface area contributed by atoms with Crippen LogP contribution in [-0.4, -0.2) is 46.6 Å². The molecule has 0 saturated carbocycles. The molecule has 1 unspecified atom stereocenters. The molecule has 3 rings (SSSR count). The number of nitrogens with one attached hydrogen (secondary N) is 2. The van der Waals surface area contributed by atoms with Gasteiger partial charge < -0.3 is 20.4 Å². The highest BCUT2D eigenvalue weighted by atomic mass is 32.1. The van der Waals surface area contributed by atoms with Gasteiger partial charge in [0.25, 0.3) is 0 Å². The lowest BCUT2D eigenvalue weighted by molar-refractivity contribution is 0.153. The van der Waals surface area contributed by atoms with Crippen molar-refractivity contribution in [1.29, 1.82) is 0 Å². The summed E-state index contributed by atoms with van der Waals surface area (Å²) in [5.74, 6) is 0. The van der Waals surface area contributed by atoms with Gasteiger partial charge in [-0.2, -0.15) is 0 Å². The van der Waals surface area contributed by atoms with Crippen LogP contribution in [0.5, 0.6) is 0 Å². The molecule has 5 nitrogen and oxygen atoms in total. The summed E-state index contributed by atoms with van der Waals surface area (Å²) in [6.45, 7) is 4.07. The Labute approximate surface area is 153 Å². The van der Waals surface area contributed by atoms with Crippen LogP contribution in [0.1, 0.15) is 6.92 Å². The summed E-state index contributed by atoms with van der Waals surface area (Å²) in [6.07, 6.45) is 0. The molecule has 1 heterocycles. The van der Waals surface area contributed by atoms with E-state index in [4.69, 9.17) is 12.2 Å². The van der Waals surface area contributed by atoms with Crippen LogP contribution in [-0.2, 0) is 0 Å². The van der Waals surface area contributed by atoms with Gasteiger partial charge in [0.1, 0.15) is 0 Å². The number of thiocarbonyl (C=S) groups is 1. The molecule has 1 atom stereocenters. The summed E-state index contributed by atoms with van der Waals surface area (Å²) in [4.78, 5) is 16.4. The average Bonchev–Trinajstić information content (AvgIpc) is 2.63. The lowest BCUT2D eigenvalue weighted by Crippen LogP contribution is -2.57. The number of anilines is 2. The third-order valence-corrected chi connectivity index (χ3v) is 4.56. The summed E-state index contributed by atoms with van der Waals surface area (Å²) < 4.78 is 0. The van der Waals surface area contributed by atoms with Gasteiger partial charge in [-0.05, 0) is 43.4 Å². The molecule has 0 bridgehead atoms. The van der Waals surface area contributed by atoms with Crippen molar-refractivity contribution in [2.45, 2.75) is 13.0 Å². The third-order valence-electron chi connectivity index (χ3n) is 4.23. The highest BCUT2D eigenvalue weighted by Gasteiger charge is 2.28. The van der Waals surface area contributed by atoms with E-state index in [1.165, 1.54) is 0 Å². The molecule has 2 amide bonds. The minimum absolute atomic E-state index is 0.0698. The average molecular weight is 354 g/mol. The Morgan fingerprint density at radius 3 is 2.08 bits per heavy atom. The minimum Gasteiger partial charge on any atom is -0.343 e. The molecule has 130 valence electrons. The van der Waals surface area contributed by atoms with E-state index in [2.05, 4.69) is 22.5 Å². The predicted octanol–water partition coefficient (Wildman–Crippen LogP) is 3.62. The van der Waals surface area contributed by atoms with Crippen LogP contribution in [0.15, 0.2) is 60.7 Å². The van der Waals surface area contributed by atoms with Crippen molar-refractivity contribution in [2.24, 2.45) is 0 Å². The van der Waals surface area contributed by atoms with E-state index in [0.29, 0.717) is 24.7 Å². The Morgan fingerprint density at radius 2 is 1.52 bits per heavy atom. The molecular formula is C19H22N4OS. The largest absolute Gasteiger partial charge is 0.343 e. The van der Waals surface area contributed by atoms with E-state index < -0.39 is 0 Å². The maximum Gasteiger partial charge on any atom is 0.321 e. The van der Waals surface area contributed by atoms with Gasteiger partial charge >= 0.3 is 6.03 Å². The second-order valence-corrected chi connectivity index (χ2v) is 6.47. The predicted molar refractivity (Wildman–Crippen MR) is 106 cm³/mol. The van der Waals surface area contributed by atoms with Gasteiger partial charge in [0.15, 0.2) is 5.11 Å². The molecule has 0 aromatic heterocycles. The minimum atomic E-state index is -0.0698. The normalized spacial score (nSPS) is 17.1. The first-order valence-electron chi connectivity index (χ1n) is 8.37. The van der Waals surface area contributed by atoms with Crippen molar-refractivity contribution >= 4 is 34.7 Å². The number of urea groups is 1. The van der Waals surface area contributed by atoms with E-state index in [9.17, 15) is 4.79 Å². The Hall–Kier alpha value is -2.60. The number of hydrogen-bond acceptors (Lipinski definition) is 2. The fourth-order valence-electron chi connectivity index (χ4n) is 2.88. The number of piperazine rings is 1. The molecule has 2 aromatic rings. The zero-order valence-electron chi connectivity index (χ0n) is 14.2. The second kappa shape index (κ2) is 7.98. The van der Waals surface area contributed by atoms with Crippen molar-refractivity contribution in [1.82, 2.24) is 9.80 Å². The molecule has 6 heteroatoms. The number of carbonyl (C=O) groups is 1. The lowest BCUT2D eigenvalue weighted by atomic mass is 10.2. The molecule has 0 aliphatic carbocycles. The lowest BCUT2D eigenvalue weighted by Gasteiger charge is -2.41. The number of benzene rings is 2. The van der Waals surface area contributed by atoms with Gasteiger partial charge in [-0.1, -0.05) is 36.4 Å². The Bertz CT molecular complexity index is 723. The summed E-state index contributed by atoms with van der Waals surface area (Å²) in [5, 5.41) is 6.90. The van der Waals surface area contributed by atoms with Crippen LogP contribution in [0.4, 0.5) is 16.2 Å². The van der Waals surface area contributed by atoms with Crippen molar-refractivity contribution in [3.8, 4) is 0 Å². The number of nitrogens with zero attached hydrogens (tertiary/aromatic N) is 2. The topological polar surface area (TPSA) is 47.6 Å². The highest BCUT2D eigenvalue weighted by molar-refractivity contribution is 7.80. The monoisotopic (exact) mass is 354 g/mol. The Morgan fingerprint density at radius 1 is 0.960 bits per heavy atom. The maximum absolute atomic E-state index is 12.4. The molecule has 25 heavy (non-hydrogen) atoms. The first kappa shape index (κ1) is 17.2. The summed E-state index contributed by atoms with van der Waals surface area (Å²) in [7, 11) is 0. The fourth-order valence-corrected chi connectivity index (χ4v) is 3.27. The highest BCUT2D eigenvalue weighted by Crippen LogP contribution is 2.15. The number of para-hydroxylation sites is 2. The van der Waals surface area contributed by atoms with Crippen LogP contribution in [0.25, 0.3) is 0 Å². The van der Waals surface area contributed by atoms with E-state index in [0.717, 1.165) is 11.4 Å². The summed E-state index contributed by atoms with van der Waals surface area (Å²) in [5.41, 5.74) is 1.78. The molecule has 2 aromatic carbocycles. The molecule has 1 aliphatic heterocycles. The quantitative estimate of drug-likeness (QED) is 0.809. The fraction of sp³-hybridized carbons (Fsp3) is 0.263. The van der Waals surface area contributed by atoms with Gasteiger partial charge in [-0.15, -0.1) is 0 Å². The van der Waals surface area contributed by atoms with Crippen molar-refractivity contribution < 1.29 is 4.79 Å². The number of amides is 2. The molecule has 0 radical (unpaired) electrons. The smallest absolute Gasteiger partial charge is 0.321 e. The Balaban J connectivity index is 1.55. The van der Waals surface area contributed by atoms with E-state index in [1.54, 1.807) is 0 Å². The second-order valence-electron chi connectivity index (χ2n) is 6.08. The summed E-state index contributed by atoms with van der Waals surface area (Å²) in [6, 6.07) is 19.5. The van der Waals surface area contributed by atoms with Crippen LogP contribution < -0.4 is 10.6 Å². The van der Waals surface area contributed by atoms with Crippen molar-refractivity contribution in [3.05, 3.63) is 60.7 Å². The molecule has 1 aliphatic rings. The van der Waals surface area contributed by atoms with Crippen molar-refractivity contribution in [2.75, 3.05) is 30.3 Å². The summed E-state index contributed by atoms with van der Waals surface area (Å²) >= 11 is 5.54. The van der Waals surface area contributed by atoms with Crippen LogP contribution in [0.2, 0.25) is 0 Å². The Kier molecular flexibility index (Phi) is 5.50. The van der Waals surface area contributed by atoms with Crippen LogP contribution in [0.3, 0.4) is 0 Å². The van der Waals surface area contributed by atoms with Gasteiger partial charge in [0.05, 0.1) is 0 Å². The van der Waals surface area contributed by atoms with E-state index in [1.807, 2.05) is 65.6 Å². The van der Waals surface area contributed by atoms with E-state index in [-0.39, 0.29) is 12.1 Å². The van der Waals surface area contributed by atoms with E-state index >= 15 is 0 Å². The van der Waals surface area contributed by atoms with Crippen molar-refractivity contribution in [3.63, 3.8) is 0 Å². The van der Waals surface area contributed by atoms with Gasteiger partial charge in [-0.25, -0.2) is 4.79 Å². The van der Waals surface area contributed by atoms with Gasteiger partial charge in [0, 0.05) is 37.1 Å². The molecule has 2 N–H and O–H groups in total. The molecular weight excluding hydrogens is 332 g/mol. The van der Waals surface area contributed by atoms with Gasteiger partial charge in [0.2, 0.25) is 0 Å². The first-order chi connectivity index (χ1) is 12.1. The first-order valence-corrected chi connectivity index (χ1v) is 8.78. The molecule has 1 saturated heterocycles. The third kappa shape index (κ3) is 4.48. The molecule has 1 fully saturated rings. The number of carbonyl (C=O) groups excluding carboxylic acids is 1. The van der Waals surface area contributed by atoms with Crippen LogP contribution >= 0.6 is 12.2 Å². The maximum atomic E-state index is 12.4.